The smallest absolute Gasteiger partial charge is 0.118 e. The summed E-state index contributed by atoms with van der Waals surface area (Å²) in [5.74, 6) is 0.857. The topological polar surface area (TPSA) is 47.3 Å². The lowest BCUT2D eigenvalue weighted by molar-refractivity contribution is 0.414. The Morgan fingerprint density at radius 2 is 1.80 bits per heavy atom. The Balaban J connectivity index is 2.19. The van der Waals surface area contributed by atoms with Crippen LogP contribution in [0, 0.1) is 13.8 Å². The standard InChI is InChI=1S/C17H22N2O/c1-12-4-9-16(13(2)10-12)19-17(11-18)14-5-7-15(20-3)8-6-14/h4-10,17,19H,11,18H2,1-3H3. The SMILES string of the molecule is COc1ccc(C(CN)Nc2ccc(C)cc2C)cc1. The summed E-state index contributed by atoms with van der Waals surface area (Å²) >= 11 is 0. The number of rotatable bonds is 5. The van der Waals surface area contributed by atoms with Crippen molar-refractivity contribution in [3.8, 4) is 5.75 Å². The van der Waals surface area contributed by atoms with Crippen molar-refractivity contribution in [2.75, 3.05) is 19.0 Å². The maximum absolute atomic E-state index is 5.91. The van der Waals surface area contributed by atoms with Crippen LogP contribution in [0.15, 0.2) is 42.5 Å². The Hall–Kier alpha value is -2.00. The minimum atomic E-state index is 0.0994. The van der Waals surface area contributed by atoms with Gasteiger partial charge in [0.05, 0.1) is 13.2 Å². The van der Waals surface area contributed by atoms with Crippen LogP contribution in [0.1, 0.15) is 22.7 Å². The molecule has 20 heavy (non-hydrogen) atoms. The number of aryl methyl sites for hydroxylation is 2. The molecule has 0 spiro atoms. The molecule has 3 N–H and O–H groups in total. The van der Waals surface area contributed by atoms with Gasteiger partial charge in [0, 0.05) is 12.2 Å². The molecule has 0 saturated carbocycles. The number of ether oxygens (including phenoxy) is 1. The molecule has 0 aliphatic heterocycles. The molecule has 0 aliphatic rings. The fourth-order valence-corrected chi connectivity index (χ4v) is 2.28. The fraction of sp³-hybridized carbons (Fsp3) is 0.294. The molecule has 0 aromatic heterocycles. The van der Waals surface area contributed by atoms with Crippen molar-refractivity contribution in [3.05, 3.63) is 59.2 Å². The van der Waals surface area contributed by atoms with Crippen molar-refractivity contribution >= 4 is 5.69 Å². The Morgan fingerprint density at radius 1 is 1.10 bits per heavy atom. The van der Waals surface area contributed by atoms with E-state index in [4.69, 9.17) is 10.5 Å². The Labute approximate surface area is 120 Å². The molecular formula is C17H22N2O. The molecule has 0 aliphatic carbocycles. The van der Waals surface area contributed by atoms with Gasteiger partial charge in [0.2, 0.25) is 0 Å². The first-order chi connectivity index (χ1) is 9.63. The minimum absolute atomic E-state index is 0.0994. The third kappa shape index (κ3) is 3.31. The molecule has 106 valence electrons. The van der Waals surface area contributed by atoms with Crippen LogP contribution >= 0.6 is 0 Å². The molecule has 0 radical (unpaired) electrons. The summed E-state index contributed by atoms with van der Waals surface area (Å²) in [6.45, 7) is 4.75. The molecule has 0 heterocycles. The lowest BCUT2D eigenvalue weighted by Gasteiger charge is -2.20. The van der Waals surface area contributed by atoms with Crippen LogP contribution in [-0.4, -0.2) is 13.7 Å². The van der Waals surface area contributed by atoms with Crippen molar-refractivity contribution < 1.29 is 4.74 Å². The fourth-order valence-electron chi connectivity index (χ4n) is 2.28. The Bertz CT molecular complexity index is 564. The van der Waals surface area contributed by atoms with Crippen molar-refractivity contribution in [3.63, 3.8) is 0 Å². The summed E-state index contributed by atoms with van der Waals surface area (Å²) in [6.07, 6.45) is 0. The van der Waals surface area contributed by atoms with Gasteiger partial charge in [-0.2, -0.15) is 0 Å². The largest absolute Gasteiger partial charge is 0.497 e. The van der Waals surface area contributed by atoms with Gasteiger partial charge >= 0.3 is 0 Å². The molecular weight excluding hydrogens is 248 g/mol. The zero-order valence-electron chi connectivity index (χ0n) is 12.3. The number of benzene rings is 2. The predicted molar refractivity (Wildman–Crippen MR) is 84.3 cm³/mol. The van der Waals surface area contributed by atoms with Gasteiger partial charge in [0.15, 0.2) is 0 Å². The van der Waals surface area contributed by atoms with Crippen molar-refractivity contribution in [2.24, 2.45) is 5.73 Å². The second-order valence-electron chi connectivity index (χ2n) is 5.02. The van der Waals surface area contributed by atoms with E-state index in [0.717, 1.165) is 17.0 Å². The Morgan fingerprint density at radius 3 is 2.35 bits per heavy atom. The molecule has 2 aromatic rings. The quantitative estimate of drug-likeness (QED) is 0.875. The average molecular weight is 270 g/mol. The highest BCUT2D eigenvalue weighted by Crippen LogP contribution is 2.24. The second kappa shape index (κ2) is 6.44. The van der Waals surface area contributed by atoms with E-state index in [1.54, 1.807) is 7.11 Å². The van der Waals surface area contributed by atoms with Gasteiger partial charge in [-0.1, -0.05) is 29.8 Å². The van der Waals surface area contributed by atoms with Crippen molar-refractivity contribution in [1.29, 1.82) is 0 Å². The monoisotopic (exact) mass is 270 g/mol. The molecule has 3 nitrogen and oxygen atoms in total. The first-order valence-corrected chi connectivity index (χ1v) is 6.82. The van der Waals surface area contributed by atoms with Gasteiger partial charge in [-0.25, -0.2) is 0 Å². The van der Waals surface area contributed by atoms with E-state index in [-0.39, 0.29) is 6.04 Å². The van der Waals surface area contributed by atoms with Crippen LogP contribution in [0.3, 0.4) is 0 Å². The summed E-state index contributed by atoms with van der Waals surface area (Å²) in [7, 11) is 1.67. The number of anilines is 1. The van der Waals surface area contributed by atoms with Crippen LogP contribution in [-0.2, 0) is 0 Å². The van der Waals surface area contributed by atoms with Crippen LogP contribution in [0.2, 0.25) is 0 Å². The van der Waals surface area contributed by atoms with Gasteiger partial charge in [0.1, 0.15) is 5.75 Å². The van der Waals surface area contributed by atoms with Crippen LogP contribution < -0.4 is 15.8 Å². The van der Waals surface area contributed by atoms with E-state index in [2.05, 4.69) is 37.4 Å². The number of hydrogen-bond donors (Lipinski definition) is 2. The van der Waals surface area contributed by atoms with Gasteiger partial charge in [0.25, 0.3) is 0 Å². The normalized spacial score (nSPS) is 12.0. The van der Waals surface area contributed by atoms with E-state index in [1.807, 2.05) is 24.3 Å². The van der Waals surface area contributed by atoms with E-state index in [0.29, 0.717) is 6.54 Å². The Kier molecular flexibility index (Phi) is 4.64. The molecule has 1 unspecified atom stereocenters. The molecule has 0 fully saturated rings. The second-order valence-corrected chi connectivity index (χ2v) is 5.02. The molecule has 0 bridgehead atoms. The van der Waals surface area contributed by atoms with Crippen LogP contribution in [0.4, 0.5) is 5.69 Å². The number of methoxy groups -OCH3 is 1. The summed E-state index contributed by atoms with van der Waals surface area (Å²) in [4.78, 5) is 0. The highest BCUT2D eigenvalue weighted by Gasteiger charge is 2.10. The number of hydrogen-bond acceptors (Lipinski definition) is 3. The third-order valence-corrected chi connectivity index (χ3v) is 3.47. The molecule has 2 rings (SSSR count). The lowest BCUT2D eigenvalue weighted by atomic mass is 10.0. The van der Waals surface area contributed by atoms with E-state index in [9.17, 15) is 0 Å². The minimum Gasteiger partial charge on any atom is -0.497 e. The predicted octanol–water partition coefficient (Wildman–Crippen LogP) is 3.42. The van der Waals surface area contributed by atoms with Gasteiger partial charge < -0.3 is 15.8 Å². The summed E-state index contributed by atoms with van der Waals surface area (Å²) in [5, 5.41) is 3.51. The first kappa shape index (κ1) is 14.4. The van der Waals surface area contributed by atoms with Crippen molar-refractivity contribution in [2.45, 2.75) is 19.9 Å². The molecule has 3 heteroatoms. The van der Waals surface area contributed by atoms with Gasteiger partial charge in [-0.3, -0.25) is 0 Å². The average Bonchev–Trinajstić information content (AvgIpc) is 2.47. The van der Waals surface area contributed by atoms with Crippen molar-refractivity contribution in [1.82, 2.24) is 0 Å². The van der Waals surface area contributed by atoms with E-state index < -0.39 is 0 Å². The molecule has 1 atom stereocenters. The van der Waals surface area contributed by atoms with E-state index >= 15 is 0 Å². The zero-order chi connectivity index (χ0) is 14.5. The maximum atomic E-state index is 5.91. The number of nitrogens with one attached hydrogen (secondary N) is 1. The van der Waals surface area contributed by atoms with Gasteiger partial charge in [-0.15, -0.1) is 0 Å². The highest BCUT2D eigenvalue weighted by atomic mass is 16.5. The van der Waals surface area contributed by atoms with Gasteiger partial charge in [-0.05, 0) is 43.2 Å². The maximum Gasteiger partial charge on any atom is 0.118 e. The van der Waals surface area contributed by atoms with E-state index in [1.165, 1.54) is 11.1 Å². The van der Waals surface area contributed by atoms with Crippen LogP contribution in [0.25, 0.3) is 0 Å². The summed E-state index contributed by atoms with van der Waals surface area (Å²) < 4.78 is 5.18. The first-order valence-electron chi connectivity index (χ1n) is 6.82. The third-order valence-electron chi connectivity index (χ3n) is 3.47. The summed E-state index contributed by atoms with van der Waals surface area (Å²) in [5.41, 5.74) is 10.7. The van der Waals surface area contributed by atoms with Crippen LogP contribution in [0.5, 0.6) is 5.75 Å². The summed E-state index contributed by atoms with van der Waals surface area (Å²) in [6, 6.07) is 14.5. The highest BCUT2D eigenvalue weighted by molar-refractivity contribution is 5.53. The zero-order valence-corrected chi connectivity index (χ0v) is 12.3. The lowest BCUT2D eigenvalue weighted by Crippen LogP contribution is -2.21. The molecule has 2 aromatic carbocycles. The molecule has 0 saturated heterocycles. The number of nitrogens with two attached hydrogens (primary N) is 1. The molecule has 0 amide bonds.